The highest BCUT2D eigenvalue weighted by Gasteiger charge is 2.05. The lowest BCUT2D eigenvalue weighted by atomic mass is 10.3. The predicted octanol–water partition coefficient (Wildman–Crippen LogP) is 1.75. The first-order chi connectivity index (χ1) is 12.5. The predicted molar refractivity (Wildman–Crippen MR) is 100 cm³/mol. The Hall–Kier alpha value is -3.61. The fourth-order valence-corrected chi connectivity index (χ4v) is 2.80. The minimum atomic E-state index is -0.360. The van der Waals surface area contributed by atoms with E-state index in [-0.39, 0.29) is 11.4 Å². The van der Waals surface area contributed by atoms with Crippen molar-refractivity contribution in [2.24, 2.45) is 0 Å². The maximum atomic E-state index is 13.1. The van der Waals surface area contributed by atoms with Crippen LogP contribution in [-0.4, -0.2) is 19.7 Å². The summed E-state index contributed by atoms with van der Waals surface area (Å²) in [5.74, 6) is 0.482. The van der Waals surface area contributed by atoms with Crippen molar-refractivity contribution in [3.05, 3.63) is 75.0 Å². The van der Waals surface area contributed by atoms with Crippen molar-refractivity contribution in [2.45, 2.75) is 6.92 Å². The van der Waals surface area contributed by atoms with Gasteiger partial charge < -0.3 is 10.3 Å². The highest BCUT2D eigenvalue weighted by Crippen LogP contribution is 2.16. The summed E-state index contributed by atoms with van der Waals surface area (Å²) < 4.78 is 14.4. The number of hydrogen-bond acceptors (Lipinski definition) is 3. The van der Waals surface area contributed by atoms with Crippen molar-refractivity contribution >= 4 is 29.5 Å². The Labute approximate surface area is 147 Å². The first kappa shape index (κ1) is 15.9. The van der Waals surface area contributed by atoms with Crippen molar-refractivity contribution in [3.63, 3.8) is 0 Å². The molecule has 0 bridgehead atoms. The van der Waals surface area contributed by atoms with Crippen LogP contribution < -0.4 is 21.4 Å². The van der Waals surface area contributed by atoms with Gasteiger partial charge in [-0.05, 0) is 49.4 Å². The molecule has 0 spiro atoms. The lowest BCUT2D eigenvalue weighted by Gasteiger charge is -2.00. The highest BCUT2D eigenvalue weighted by molar-refractivity contribution is 5.80. The molecule has 0 atom stereocenters. The van der Waals surface area contributed by atoms with Crippen LogP contribution in [0.3, 0.4) is 0 Å². The summed E-state index contributed by atoms with van der Waals surface area (Å²) in [4.78, 5) is 20.1. The molecule has 2 aromatic heterocycles. The number of anilines is 1. The molecule has 4 aromatic rings. The Kier molecular flexibility index (Phi) is 3.69. The van der Waals surface area contributed by atoms with Crippen molar-refractivity contribution in [1.29, 1.82) is 0 Å². The minimum absolute atomic E-state index is 0.271. The summed E-state index contributed by atoms with van der Waals surface area (Å²) in [6, 6.07) is 11.3. The van der Waals surface area contributed by atoms with Crippen LogP contribution in [0.15, 0.2) is 47.3 Å². The Morgan fingerprint density at radius 1 is 1.23 bits per heavy atom. The van der Waals surface area contributed by atoms with E-state index in [1.54, 1.807) is 6.20 Å². The van der Waals surface area contributed by atoms with Gasteiger partial charge in [0, 0.05) is 11.9 Å². The second kappa shape index (κ2) is 6.03. The van der Waals surface area contributed by atoms with Gasteiger partial charge in [-0.2, -0.15) is 0 Å². The number of halogens is 1. The van der Waals surface area contributed by atoms with Crippen LogP contribution in [0, 0.1) is 12.7 Å². The lowest BCUT2D eigenvalue weighted by Crippen LogP contribution is -2.34. The molecule has 6 nitrogen and oxygen atoms in total. The molecule has 0 amide bonds. The summed E-state index contributed by atoms with van der Waals surface area (Å²) in [5.41, 5.74) is 2.87. The number of hydrogen-bond donors (Lipinski definition) is 3. The van der Waals surface area contributed by atoms with Gasteiger partial charge in [0.1, 0.15) is 11.6 Å². The Bertz CT molecular complexity index is 1260. The van der Waals surface area contributed by atoms with E-state index in [9.17, 15) is 9.18 Å². The van der Waals surface area contributed by atoms with Gasteiger partial charge in [0.25, 0.3) is 5.56 Å². The number of aromatic amines is 2. The molecule has 7 heteroatoms. The zero-order valence-electron chi connectivity index (χ0n) is 14.0. The smallest absolute Gasteiger partial charge is 0.280 e. The van der Waals surface area contributed by atoms with Gasteiger partial charge in [-0.1, -0.05) is 6.58 Å². The van der Waals surface area contributed by atoms with E-state index in [0.717, 1.165) is 22.5 Å². The quantitative estimate of drug-likeness (QED) is 0.527. The molecule has 4 rings (SSSR count). The average Bonchev–Trinajstić information content (AvgIpc) is 3.12. The molecular formula is C19H16FN5O. The molecule has 0 unspecified atom stereocenters. The summed E-state index contributed by atoms with van der Waals surface area (Å²) in [7, 11) is 0. The van der Waals surface area contributed by atoms with Crippen LogP contribution in [0.4, 0.5) is 10.1 Å². The van der Waals surface area contributed by atoms with Crippen LogP contribution >= 0.6 is 0 Å². The molecule has 0 aliphatic heterocycles. The Morgan fingerprint density at radius 2 is 2.00 bits per heavy atom. The van der Waals surface area contributed by atoms with Gasteiger partial charge in [-0.15, -0.1) is 0 Å². The molecule has 0 aliphatic rings. The highest BCUT2D eigenvalue weighted by atomic mass is 19.1. The van der Waals surface area contributed by atoms with Crippen molar-refractivity contribution in [1.82, 2.24) is 19.7 Å². The van der Waals surface area contributed by atoms with Crippen LogP contribution in [0.5, 0.6) is 0 Å². The van der Waals surface area contributed by atoms with Crippen molar-refractivity contribution < 1.29 is 4.39 Å². The molecule has 2 heterocycles. The molecule has 26 heavy (non-hydrogen) atoms. The fraction of sp³-hybridized carbons (Fsp3) is 0.0526. The monoisotopic (exact) mass is 349 g/mol. The number of H-pyrrole nitrogens is 2. The number of rotatable bonds is 3. The normalized spacial score (nSPS) is 12.0. The number of aromatic nitrogens is 4. The van der Waals surface area contributed by atoms with Gasteiger partial charge >= 0.3 is 0 Å². The average molecular weight is 349 g/mol. The Morgan fingerprint density at radius 3 is 2.77 bits per heavy atom. The van der Waals surface area contributed by atoms with Crippen molar-refractivity contribution in [2.75, 3.05) is 5.32 Å². The molecule has 0 radical (unpaired) electrons. The van der Waals surface area contributed by atoms with Gasteiger partial charge in [0.15, 0.2) is 0 Å². The summed E-state index contributed by atoms with van der Waals surface area (Å²) in [5, 5.41) is 6.87. The molecule has 2 aromatic carbocycles. The van der Waals surface area contributed by atoms with E-state index in [1.807, 2.05) is 25.1 Å². The summed E-state index contributed by atoms with van der Waals surface area (Å²) in [6.07, 6.45) is 1.60. The zero-order valence-corrected chi connectivity index (χ0v) is 14.0. The molecule has 0 saturated carbocycles. The summed E-state index contributed by atoms with van der Waals surface area (Å²) >= 11 is 0. The third-order valence-electron chi connectivity index (χ3n) is 4.07. The number of nitrogens with zero attached hydrogens (tertiary/aromatic N) is 2. The first-order valence-corrected chi connectivity index (χ1v) is 8.00. The van der Waals surface area contributed by atoms with Gasteiger partial charge in [0.05, 0.1) is 27.3 Å². The van der Waals surface area contributed by atoms with E-state index < -0.39 is 0 Å². The molecule has 130 valence electrons. The number of nitrogens with one attached hydrogen (secondary N) is 3. The Balaban J connectivity index is 1.71. The standard InChI is InChI=1S/C19H16FN5O/c1-11-16(19(26)25(24-11)15-6-3-13(20)4-7-15)10-21-14-5-8-17-18(9-14)23-12(2)22-17/h3-10,21,24H,1H2,2H3,(H,22,23). The van der Waals surface area contributed by atoms with Gasteiger partial charge in [0.2, 0.25) is 0 Å². The summed E-state index contributed by atoms with van der Waals surface area (Å²) in [6.45, 7) is 5.77. The minimum Gasteiger partial charge on any atom is -0.361 e. The molecule has 3 N–H and O–H groups in total. The zero-order chi connectivity index (χ0) is 18.3. The third-order valence-corrected chi connectivity index (χ3v) is 4.07. The van der Waals surface area contributed by atoms with E-state index in [1.165, 1.54) is 28.9 Å². The van der Waals surface area contributed by atoms with Gasteiger partial charge in [-0.25, -0.2) is 14.1 Å². The van der Waals surface area contributed by atoms with E-state index in [0.29, 0.717) is 16.3 Å². The molecular weight excluding hydrogens is 333 g/mol. The van der Waals surface area contributed by atoms with E-state index in [4.69, 9.17) is 0 Å². The second-order valence-electron chi connectivity index (χ2n) is 5.96. The number of benzene rings is 2. The van der Waals surface area contributed by atoms with E-state index in [2.05, 4.69) is 27.0 Å². The van der Waals surface area contributed by atoms with Gasteiger partial charge in [-0.3, -0.25) is 9.89 Å². The maximum absolute atomic E-state index is 13.1. The molecule has 0 fully saturated rings. The molecule has 0 saturated heterocycles. The lowest BCUT2D eigenvalue weighted by molar-refractivity contribution is 0.627. The van der Waals surface area contributed by atoms with E-state index >= 15 is 0 Å². The van der Waals surface area contributed by atoms with Crippen LogP contribution in [-0.2, 0) is 0 Å². The van der Waals surface area contributed by atoms with Crippen molar-refractivity contribution in [3.8, 4) is 5.69 Å². The second-order valence-corrected chi connectivity index (χ2v) is 5.96. The first-order valence-electron chi connectivity index (χ1n) is 8.00. The molecule has 0 aliphatic carbocycles. The largest absolute Gasteiger partial charge is 0.361 e. The maximum Gasteiger partial charge on any atom is 0.280 e. The number of aryl methyl sites for hydroxylation is 1. The fourth-order valence-electron chi connectivity index (χ4n) is 2.80. The SMILES string of the molecule is C=c1[nH]n(-c2ccc(F)cc2)c(=O)c1=CNc1ccc2nc(C)[nH]c2c1. The third kappa shape index (κ3) is 2.79. The topological polar surface area (TPSA) is 78.5 Å². The number of imidazole rings is 1. The number of fused-ring (bicyclic) bond motifs is 1. The van der Waals surface area contributed by atoms with Crippen LogP contribution in [0.2, 0.25) is 0 Å². The van der Waals surface area contributed by atoms with Crippen LogP contribution in [0.25, 0.3) is 29.5 Å². The van der Waals surface area contributed by atoms with Crippen LogP contribution in [0.1, 0.15) is 5.82 Å².